The van der Waals surface area contributed by atoms with Crippen LogP contribution in [-0.2, 0) is 0 Å². The number of nitrogens with two attached hydrogens (primary N) is 1. The molecule has 2 aromatic carbocycles. The van der Waals surface area contributed by atoms with Gasteiger partial charge in [0.05, 0.1) is 10.2 Å². The van der Waals surface area contributed by atoms with Gasteiger partial charge in [0.1, 0.15) is 0 Å². The summed E-state index contributed by atoms with van der Waals surface area (Å²) in [5, 5.41) is 2.69. The number of thioether (sulfide) groups is 1. The Balaban J connectivity index is 1.67. The minimum atomic E-state index is 0.386. The summed E-state index contributed by atoms with van der Waals surface area (Å²) >= 11 is 3.74. The van der Waals surface area contributed by atoms with Crippen molar-refractivity contribution >= 4 is 44.1 Å². The second kappa shape index (κ2) is 7.03. The first-order valence-corrected chi connectivity index (χ1v) is 10.8. The summed E-state index contributed by atoms with van der Waals surface area (Å²) in [6.45, 7) is 2.24. The zero-order chi connectivity index (χ0) is 16.5. The molecule has 4 rings (SSSR count). The van der Waals surface area contributed by atoms with Crippen LogP contribution in [-0.4, -0.2) is 16.8 Å². The first kappa shape index (κ1) is 16.4. The molecular weight excluding hydrogens is 332 g/mol. The lowest BCUT2D eigenvalue weighted by Gasteiger charge is -2.11. The van der Waals surface area contributed by atoms with Crippen LogP contribution in [0.1, 0.15) is 50.5 Å². The summed E-state index contributed by atoms with van der Waals surface area (Å²) in [6, 6.07) is 11.8. The zero-order valence-corrected chi connectivity index (χ0v) is 15.8. The minimum Gasteiger partial charge on any atom is -0.328 e. The lowest BCUT2D eigenvalue weighted by Crippen LogP contribution is -2.14. The van der Waals surface area contributed by atoms with Crippen molar-refractivity contribution < 1.29 is 0 Å². The minimum absolute atomic E-state index is 0.386. The summed E-state index contributed by atoms with van der Waals surface area (Å²) < 4.78 is 2.54. The van der Waals surface area contributed by atoms with Crippen molar-refractivity contribution in [2.45, 2.75) is 55.3 Å². The summed E-state index contributed by atoms with van der Waals surface area (Å²) in [4.78, 5) is 4.81. The van der Waals surface area contributed by atoms with E-state index in [1.54, 1.807) is 0 Å². The largest absolute Gasteiger partial charge is 0.328 e. The van der Waals surface area contributed by atoms with E-state index in [1.807, 2.05) is 23.1 Å². The van der Waals surface area contributed by atoms with Gasteiger partial charge in [-0.25, -0.2) is 4.98 Å². The summed E-state index contributed by atoms with van der Waals surface area (Å²) in [5.41, 5.74) is 8.69. The first-order chi connectivity index (χ1) is 11.7. The van der Waals surface area contributed by atoms with Crippen LogP contribution in [0, 0.1) is 0 Å². The van der Waals surface area contributed by atoms with Crippen molar-refractivity contribution in [3.05, 3.63) is 35.9 Å². The molecule has 24 heavy (non-hydrogen) atoms. The van der Waals surface area contributed by atoms with Crippen LogP contribution >= 0.6 is 23.1 Å². The Morgan fingerprint density at radius 1 is 1.25 bits per heavy atom. The average Bonchev–Trinajstić information content (AvgIpc) is 3.20. The third-order valence-corrected chi connectivity index (χ3v) is 7.38. The summed E-state index contributed by atoms with van der Waals surface area (Å²) in [7, 11) is 0. The lowest BCUT2D eigenvalue weighted by molar-refractivity contribution is 0.675. The zero-order valence-electron chi connectivity index (χ0n) is 14.1. The molecule has 4 heteroatoms. The molecule has 0 spiro atoms. The Bertz CT molecular complexity index is 855. The van der Waals surface area contributed by atoms with Crippen molar-refractivity contribution in [2.75, 3.05) is 5.75 Å². The maximum absolute atomic E-state index is 6.09. The van der Waals surface area contributed by atoms with Gasteiger partial charge in [-0.1, -0.05) is 49.4 Å². The fraction of sp³-hybridized carbons (Fsp3) is 0.450. The van der Waals surface area contributed by atoms with Crippen molar-refractivity contribution in [2.24, 2.45) is 5.73 Å². The van der Waals surface area contributed by atoms with Crippen LogP contribution in [0.5, 0.6) is 0 Å². The van der Waals surface area contributed by atoms with Gasteiger partial charge in [0, 0.05) is 17.2 Å². The summed E-state index contributed by atoms with van der Waals surface area (Å²) in [5.74, 6) is 1.81. The second-order valence-corrected chi connectivity index (χ2v) is 9.19. The number of thiazole rings is 1. The highest BCUT2D eigenvalue weighted by molar-refractivity contribution is 8.01. The van der Waals surface area contributed by atoms with E-state index in [-0.39, 0.29) is 0 Å². The van der Waals surface area contributed by atoms with Gasteiger partial charge < -0.3 is 5.73 Å². The van der Waals surface area contributed by atoms with E-state index >= 15 is 0 Å². The molecule has 1 saturated carbocycles. The Hall–Kier alpha value is -1.10. The monoisotopic (exact) mass is 356 g/mol. The highest BCUT2D eigenvalue weighted by Gasteiger charge is 2.23. The van der Waals surface area contributed by atoms with Crippen molar-refractivity contribution in [3.63, 3.8) is 0 Å². The van der Waals surface area contributed by atoms with E-state index in [1.165, 1.54) is 50.4 Å². The fourth-order valence-electron chi connectivity index (χ4n) is 3.65. The van der Waals surface area contributed by atoms with E-state index in [4.69, 9.17) is 10.7 Å². The maximum atomic E-state index is 6.09. The maximum Gasteiger partial charge on any atom is 0.151 e. The molecule has 0 saturated heterocycles. The van der Waals surface area contributed by atoms with E-state index in [0.29, 0.717) is 12.0 Å². The molecule has 1 fully saturated rings. The molecule has 2 N–H and O–H groups in total. The quantitative estimate of drug-likeness (QED) is 0.454. The van der Waals surface area contributed by atoms with Crippen LogP contribution in [0.15, 0.2) is 34.7 Å². The number of rotatable bonds is 5. The SMILES string of the molecule is CCCCSc1nc2ccc3cc(C4CCC(N)C4)ccc3c2s1. The molecule has 3 aromatic rings. The second-order valence-electron chi connectivity index (χ2n) is 6.85. The molecule has 2 atom stereocenters. The van der Waals surface area contributed by atoms with Gasteiger partial charge in [-0.15, -0.1) is 11.3 Å². The molecule has 1 aliphatic carbocycles. The molecular formula is C20H24N2S2. The van der Waals surface area contributed by atoms with Crippen molar-refractivity contribution in [3.8, 4) is 0 Å². The topological polar surface area (TPSA) is 38.9 Å². The number of fused-ring (bicyclic) bond motifs is 3. The third-order valence-electron chi connectivity index (χ3n) is 5.04. The third kappa shape index (κ3) is 3.19. The van der Waals surface area contributed by atoms with Gasteiger partial charge in [-0.05, 0) is 48.6 Å². The number of benzene rings is 2. The van der Waals surface area contributed by atoms with Crippen LogP contribution in [0.4, 0.5) is 0 Å². The van der Waals surface area contributed by atoms with Crippen molar-refractivity contribution in [1.82, 2.24) is 4.98 Å². The molecule has 1 aromatic heterocycles. The molecule has 0 bridgehead atoms. The van der Waals surface area contributed by atoms with E-state index < -0.39 is 0 Å². The normalized spacial score (nSPS) is 21.1. The van der Waals surface area contributed by atoms with Crippen LogP contribution in [0.3, 0.4) is 0 Å². The highest BCUT2D eigenvalue weighted by Crippen LogP contribution is 2.38. The molecule has 2 unspecified atom stereocenters. The molecule has 1 aliphatic rings. The number of hydrogen-bond donors (Lipinski definition) is 1. The van der Waals surface area contributed by atoms with Crippen LogP contribution < -0.4 is 5.73 Å². The number of aromatic nitrogens is 1. The average molecular weight is 357 g/mol. The first-order valence-electron chi connectivity index (χ1n) is 8.96. The van der Waals surface area contributed by atoms with Gasteiger partial charge >= 0.3 is 0 Å². The molecule has 2 nitrogen and oxygen atoms in total. The molecule has 1 heterocycles. The number of unbranched alkanes of at least 4 members (excludes halogenated alkanes) is 1. The number of hydrogen-bond acceptors (Lipinski definition) is 4. The Morgan fingerprint density at radius 3 is 2.96 bits per heavy atom. The number of nitrogens with zero attached hydrogens (tertiary/aromatic N) is 1. The van der Waals surface area contributed by atoms with E-state index in [0.717, 1.165) is 18.4 Å². The van der Waals surface area contributed by atoms with Crippen molar-refractivity contribution in [1.29, 1.82) is 0 Å². The lowest BCUT2D eigenvalue weighted by atomic mass is 9.95. The molecule has 0 amide bonds. The molecule has 0 radical (unpaired) electrons. The van der Waals surface area contributed by atoms with E-state index in [9.17, 15) is 0 Å². The predicted molar refractivity (Wildman–Crippen MR) is 107 cm³/mol. The smallest absolute Gasteiger partial charge is 0.151 e. The standard InChI is InChI=1S/C20H24N2S2/c1-2-3-10-23-20-22-18-9-6-15-11-13(14-4-7-16(21)12-14)5-8-17(15)19(18)24-20/h5-6,8-9,11,14,16H,2-4,7,10,12,21H2,1H3. The van der Waals surface area contributed by atoms with Gasteiger partial charge in [-0.3, -0.25) is 0 Å². The summed E-state index contributed by atoms with van der Waals surface area (Å²) in [6.07, 6.45) is 6.03. The predicted octanol–water partition coefficient (Wildman–Crippen LogP) is 5.94. The van der Waals surface area contributed by atoms with Gasteiger partial charge in [-0.2, -0.15) is 0 Å². The van der Waals surface area contributed by atoms with Crippen LogP contribution in [0.25, 0.3) is 21.0 Å². The molecule has 126 valence electrons. The van der Waals surface area contributed by atoms with Gasteiger partial charge in [0.25, 0.3) is 0 Å². The highest BCUT2D eigenvalue weighted by atomic mass is 32.2. The Morgan fingerprint density at radius 2 is 2.17 bits per heavy atom. The van der Waals surface area contributed by atoms with Crippen LogP contribution in [0.2, 0.25) is 0 Å². The Labute approximate surface area is 151 Å². The van der Waals surface area contributed by atoms with Gasteiger partial charge in [0.15, 0.2) is 4.34 Å². The van der Waals surface area contributed by atoms with Gasteiger partial charge in [0.2, 0.25) is 0 Å². The fourth-order valence-corrected chi connectivity index (χ4v) is 5.99. The Kier molecular flexibility index (Phi) is 4.79. The molecule has 0 aliphatic heterocycles. The van der Waals surface area contributed by atoms with E-state index in [2.05, 4.69) is 37.3 Å².